The average Bonchev–Trinajstić information content (AvgIpc) is 3.71. The van der Waals surface area contributed by atoms with Crippen molar-refractivity contribution in [3.05, 3.63) is 71.8 Å². The van der Waals surface area contributed by atoms with E-state index in [-0.39, 0.29) is 62.6 Å². The summed E-state index contributed by atoms with van der Waals surface area (Å²) in [6, 6.07) is 16.3. The molecule has 13 atom stereocenters. The van der Waals surface area contributed by atoms with Gasteiger partial charge in [-0.15, -0.1) is 0 Å². The number of amides is 4. The van der Waals surface area contributed by atoms with E-state index in [2.05, 4.69) is 5.32 Å². The summed E-state index contributed by atoms with van der Waals surface area (Å²) >= 11 is 0. The van der Waals surface area contributed by atoms with E-state index >= 15 is 0 Å². The topological polar surface area (TPSA) is 285 Å². The third-order valence-corrected chi connectivity index (χ3v) is 13.7. The van der Waals surface area contributed by atoms with Gasteiger partial charge in [0.25, 0.3) is 0 Å². The molecule has 372 valence electrons. The van der Waals surface area contributed by atoms with Gasteiger partial charge in [-0.2, -0.15) is 0 Å². The Bertz CT molecular complexity index is 1860. The molecule has 0 aromatic heterocycles. The molecule has 4 fully saturated rings. The summed E-state index contributed by atoms with van der Waals surface area (Å²) < 4.78 is 17.3. The fraction of sp³-hybridized carbons (Fsp3) is 0.667. The minimum atomic E-state index is -1.56. The van der Waals surface area contributed by atoms with Crippen LogP contribution in [0.2, 0.25) is 0 Å². The molecule has 4 amide bonds. The van der Waals surface area contributed by atoms with Gasteiger partial charge in [0.2, 0.25) is 23.6 Å². The summed E-state index contributed by atoms with van der Waals surface area (Å²) in [4.78, 5) is 59.4. The maximum atomic E-state index is 14.7. The molecule has 67 heavy (non-hydrogen) atoms. The molecule has 19 nitrogen and oxygen atoms in total. The standard InChI is InChI=1S/C48H71N5O14/c1-28(2)22-41(59)51-20-19-31-17-18-33(46(63)50-42(29-12-6-3-7-13-29)30-14-8-4-9-15-30)52(31)47(64)34(25-51)53(49)40(58)16-10-5-11-21-65-48-45(62)43(60)32(38(26-54)67-48)23-37-35(56)24-36(57)44(61)39(27-55)66-37/h3-4,6-9,12-15,28,31-39,42-45,48,54-57,60-62H,5,10-11,16-27,49H2,1-2H3,(H,50,63)/t31-,32-,33+,34+,35+,36-,37+,38?,39?,43+,44-,45?,48-/m1/s1. The van der Waals surface area contributed by atoms with Gasteiger partial charge < -0.3 is 65.1 Å². The summed E-state index contributed by atoms with van der Waals surface area (Å²) in [7, 11) is 0. The maximum absolute atomic E-state index is 14.7. The zero-order chi connectivity index (χ0) is 48.4. The molecule has 3 unspecified atom stereocenters. The van der Waals surface area contributed by atoms with Crippen LogP contribution in [0.1, 0.15) is 95.2 Å². The molecule has 0 bridgehead atoms. The lowest BCUT2D eigenvalue weighted by molar-refractivity contribution is -0.294. The van der Waals surface area contributed by atoms with Gasteiger partial charge in [0, 0.05) is 44.4 Å². The lowest BCUT2D eigenvalue weighted by atomic mass is 9.83. The number of carbonyl (C=O) groups is 4. The Morgan fingerprint density at radius 2 is 1.48 bits per heavy atom. The number of benzene rings is 2. The number of unbranched alkanes of at least 4 members (excludes halogenated alkanes) is 2. The van der Waals surface area contributed by atoms with Crippen molar-refractivity contribution in [2.24, 2.45) is 17.7 Å². The number of carbonyl (C=O) groups excluding carboxylic acids is 4. The number of nitrogens with one attached hydrogen (secondary N) is 1. The largest absolute Gasteiger partial charge is 0.394 e. The highest BCUT2D eigenvalue weighted by Gasteiger charge is 2.49. The first-order valence-electron chi connectivity index (χ1n) is 23.7. The van der Waals surface area contributed by atoms with Crippen LogP contribution in [0.4, 0.5) is 0 Å². The van der Waals surface area contributed by atoms with Crippen LogP contribution in [0.5, 0.6) is 0 Å². The summed E-state index contributed by atoms with van der Waals surface area (Å²) in [6.07, 6.45) is -9.41. The van der Waals surface area contributed by atoms with Gasteiger partial charge in [0.1, 0.15) is 30.4 Å². The summed E-state index contributed by atoms with van der Waals surface area (Å²) in [5.41, 5.74) is 1.76. The Labute approximate surface area is 391 Å². The first-order chi connectivity index (χ1) is 32.1. The van der Waals surface area contributed by atoms with Crippen LogP contribution in [0.25, 0.3) is 0 Å². The number of ether oxygens (including phenoxy) is 3. The molecular formula is C48H71N5O14. The van der Waals surface area contributed by atoms with Gasteiger partial charge in [-0.05, 0) is 55.6 Å². The van der Waals surface area contributed by atoms with Crippen molar-refractivity contribution in [2.45, 2.75) is 157 Å². The number of aliphatic hydroxyl groups excluding tert-OH is 7. The van der Waals surface area contributed by atoms with Crippen LogP contribution in [0, 0.1) is 11.8 Å². The minimum absolute atomic E-state index is 0.0411. The molecule has 4 saturated heterocycles. The highest BCUT2D eigenvalue weighted by Crippen LogP contribution is 2.35. The van der Waals surface area contributed by atoms with Crippen molar-refractivity contribution >= 4 is 23.6 Å². The van der Waals surface area contributed by atoms with Gasteiger partial charge in [-0.3, -0.25) is 24.2 Å². The highest BCUT2D eigenvalue weighted by molar-refractivity contribution is 5.93. The summed E-state index contributed by atoms with van der Waals surface area (Å²) in [6.45, 7) is 2.90. The second-order valence-electron chi connectivity index (χ2n) is 18.8. The first kappa shape index (κ1) is 52.3. The monoisotopic (exact) mass is 941 g/mol. The fourth-order valence-corrected chi connectivity index (χ4v) is 9.88. The molecule has 2 aromatic rings. The lowest BCUT2D eigenvalue weighted by Gasteiger charge is -2.43. The Morgan fingerprint density at radius 3 is 2.10 bits per heavy atom. The number of hydrogen-bond acceptors (Lipinski definition) is 15. The van der Waals surface area contributed by atoms with Crippen LogP contribution in [-0.2, 0) is 33.4 Å². The Balaban J connectivity index is 1.05. The molecule has 10 N–H and O–H groups in total. The SMILES string of the molecule is CC(C)CC(=O)N1CC[C@H]2CC[C@@H](C(=O)NC(c3ccccc3)c3ccccc3)N2C(=O)[C@@H](N(N)C(=O)CCCCCO[C@@H]2OC(CO)[C@@H](C[C@@H]3OC(CO)[C@H](O)[C@H](O)C[C@@H]3O)[C@H](O)C2O)C1. The normalized spacial score (nSPS) is 31.5. The molecule has 6 rings (SSSR count). The molecular weight excluding hydrogens is 871 g/mol. The van der Waals surface area contributed by atoms with E-state index in [1.807, 2.05) is 74.5 Å². The number of fused-ring (bicyclic) bond motifs is 1. The third-order valence-electron chi connectivity index (χ3n) is 13.7. The number of hydrogen-bond donors (Lipinski definition) is 9. The molecule has 4 aliphatic heterocycles. The van der Waals surface area contributed by atoms with Crippen molar-refractivity contribution in [1.82, 2.24) is 20.1 Å². The summed E-state index contributed by atoms with van der Waals surface area (Å²) in [5, 5.41) is 77.1. The van der Waals surface area contributed by atoms with Crippen molar-refractivity contribution < 1.29 is 69.1 Å². The van der Waals surface area contributed by atoms with E-state index < -0.39 is 104 Å². The molecule has 0 aliphatic carbocycles. The Morgan fingerprint density at radius 1 is 0.821 bits per heavy atom. The number of rotatable bonds is 18. The molecule has 4 heterocycles. The van der Waals surface area contributed by atoms with Crippen LogP contribution in [0.15, 0.2) is 60.7 Å². The zero-order valence-electron chi connectivity index (χ0n) is 38.4. The van der Waals surface area contributed by atoms with Gasteiger partial charge in [0.15, 0.2) is 6.29 Å². The number of nitrogens with zero attached hydrogens (tertiary/aromatic N) is 3. The molecule has 19 heteroatoms. The fourth-order valence-electron chi connectivity index (χ4n) is 9.88. The maximum Gasteiger partial charge on any atom is 0.249 e. The van der Waals surface area contributed by atoms with Crippen molar-refractivity contribution in [3.8, 4) is 0 Å². The summed E-state index contributed by atoms with van der Waals surface area (Å²) in [5.74, 6) is 4.16. The highest BCUT2D eigenvalue weighted by atomic mass is 16.7. The Kier molecular flexibility index (Phi) is 19.1. The molecule has 0 saturated carbocycles. The van der Waals surface area contributed by atoms with Crippen molar-refractivity contribution in [3.63, 3.8) is 0 Å². The van der Waals surface area contributed by atoms with Crippen LogP contribution in [0.3, 0.4) is 0 Å². The predicted molar refractivity (Wildman–Crippen MR) is 241 cm³/mol. The van der Waals surface area contributed by atoms with E-state index in [4.69, 9.17) is 20.1 Å². The molecule has 4 aliphatic rings. The quantitative estimate of drug-likeness (QED) is 0.0407. The molecule has 0 radical (unpaired) electrons. The molecule has 0 spiro atoms. The van der Waals surface area contributed by atoms with E-state index in [0.29, 0.717) is 45.1 Å². The van der Waals surface area contributed by atoms with E-state index in [1.54, 1.807) is 9.80 Å². The van der Waals surface area contributed by atoms with Gasteiger partial charge in [-0.25, -0.2) is 5.84 Å². The second-order valence-corrected chi connectivity index (χ2v) is 18.8. The van der Waals surface area contributed by atoms with Crippen molar-refractivity contribution in [2.75, 3.05) is 32.9 Å². The van der Waals surface area contributed by atoms with Crippen LogP contribution >= 0.6 is 0 Å². The Hall–Kier alpha value is -4.12. The molecule has 2 aromatic carbocycles. The van der Waals surface area contributed by atoms with Crippen LogP contribution in [-0.4, -0.2) is 180 Å². The average molecular weight is 942 g/mol. The number of nitrogens with two attached hydrogens (primary N) is 1. The van der Waals surface area contributed by atoms with Crippen molar-refractivity contribution in [1.29, 1.82) is 0 Å². The first-order valence-corrected chi connectivity index (χ1v) is 23.7. The van der Waals surface area contributed by atoms with E-state index in [9.17, 15) is 54.9 Å². The van der Waals surface area contributed by atoms with Gasteiger partial charge in [-0.1, -0.05) is 80.9 Å². The minimum Gasteiger partial charge on any atom is -0.394 e. The predicted octanol–water partition coefficient (Wildman–Crippen LogP) is -0.144. The van der Waals surface area contributed by atoms with Gasteiger partial charge >= 0.3 is 0 Å². The van der Waals surface area contributed by atoms with E-state index in [0.717, 1.165) is 16.1 Å². The lowest BCUT2D eigenvalue weighted by Crippen LogP contribution is -2.63. The smallest absolute Gasteiger partial charge is 0.249 e. The second kappa shape index (κ2) is 24.4. The number of hydrazine groups is 1. The van der Waals surface area contributed by atoms with Crippen LogP contribution < -0.4 is 11.2 Å². The number of aliphatic hydroxyl groups is 7. The third kappa shape index (κ3) is 13.0. The van der Waals surface area contributed by atoms with Gasteiger partial charge in [0.05, 0.1) is 56.3 Å². The van der Waals surface area contributed by atoms with E-state index in [1.165, 1.54) is 0 Å². The zero-order valence-corrected chi connectivity index (χ0v) is 38.4.